The molecule has 0 spiro atoms. The van der Waals surface area contributed by atoms with Gasteiger partial charge < -0.3 is 5.32 Å². The van der Waals surface area contributed by atoms with Crippen LogP contribution in [0.1, 0.15) is 28.6 Å². The molecule has 1 aliphatic rings. The molecule has 1 atom stereocenters. The van der Waals surface area contributed by atoms with Crippen LogP contribution in [0.5, 0.6) is 0 Å². The Bertz CT molecular complexity index is 35.5. The first kappa shape index (κ1) is 6.96. The van der Waals surface area contributed by atoms with Gasteiger partial charge in [-0.15, -0.1) is 0 Å². The second kappa shape index (κ2) is 4.13. The Kier molecular flexibility index (Phi) is 4.10. The molecule has 0 aliphatic carbocycles. The van der Waals surface area contributed by atoms with Crippen molar-refractivity contribution >= 4 is 0 Å². The van der Waals surface area contributed by atoms with E-state index in [-0.39, 0.29) is 1.43 Å². The van der Waals surface area contributed by atoms with Gasteiger partial charge in [0.05, 0.1) is 0 Å². The van der Waals surface area contributed by atoms with Crippen LogP contribution < -0.4 is 5.32 Å². The minimum atomic E-state index is 0. The van der Waals surface area contributed by atoms with Crippen molar-refractivity contribution in [3.63, 3.8) is 0 Å². The van der Waals surface area contributed by atoms with Crippen molar-refractivity contribution in [2.45, 2.75) is 33.2 Å². The van der Waals surface area contributed by atoms with E-state index in [2.05, 4.69) is 12.2 Å². The Morgan fingerprint density at radius 2 is 1.86 bits per heavy atom. The molecular weight excluding hydrogens is 86.1 g/mol. The normalized spacial score (nSPS) is 27.0. The Balaban J connectivity index is 0. The van der Waals surface area contributed by atoms with Gasteiger partial charge in [0.25, 0.3) is 0 Å². The van der Waals surface area contributed by atoms with Crippen molar-refractivity contribution < 1.29 is 1.43 Å². The number of nitrogens with one attached hydrogen (secondary N) is 1. The standard InChI is InChI=1S/C4H9N.C2H6.H2/c1-4-2-3-5-4;1-2;/h4-5H,2-3H2,1H3;1-2H3;1H. The van der Waals surface area contributed by atoms with Crippen molar-refractivity contribution in [1.29, 1.82) is 0 Å². The molecular formula is C6H17N. The molecule has 0 aromatic heterocycles. The summed E-state index contributed by atoms with van der Waals surface area (Å²) in [7, 11) is 0. The van der Waals surface area contributed by atoms with Crippen LogP contribution in [0.2, 0.25) is 0 Å². The summed E-state index contributed by atoms with van der Waals surface area (Å²) in [6.07, 6.45) is 1.38. The predicted molar refractivity (Wildman–Crippen MR) is 35.5 cm³/mol. The molecule has 0 bridgehead atoms. The van der Waals surface area contributed by atoms with Gasteiger partial charge in [-0.25, -0.2) is 0 Å². The highest BCUT2D eigenvalue weighted by Crippen LogP contribution is 1.96. The Hall–Kier alpha value is -0.0400. The van der Waals surface area contributed by atoms with Gasteiger partial charge in [0, 0.05) is 7.47 Å². The fourth-order valence-electron chi connectivity index (χ4n) is 0.433. The second-order valence-electron chi connectivity index (χ2n) is 1.64. The Morgan fingerprint density at radius 3 is 1.86 bits per heavy atom. The molecule has 1 rings (SSSR count). The first-order valence-corrected chi connectivity index (χ1v) is 3.13. The molecule has 0 saturated carbocycles. The monoisotopic (exact) mass is 103 g/mol. The van der Waals surface area contributed by atoms with E-state index in [0.717, 1.165) is 6.04 Å². The zero-order valence-corrected chi connectivity index (χ0v) is 5.49. The summed E-state index contributed by atoms with van der Waals surface area (Å²) in [4.78, 5) is 0. The zero-order valence-electron chi connectivity index (χ0n) is 5.49. The molecule has 1 heteroatoms. The van der Waals surface area contributed by atoms with Gasteiger partial charge in [0.15, 0.2) is 0 Å². The third kappa shape index (κ3) is 2.63. The molecule has 0 aromatic carbocycles. The van der Waals surface area contributed by atoms with E-state index in [1.165, 1.54) is 13.0 Å². The summed E-state index contributed by atoms with van der Waals surface area (Å²) in [5, 5.41) is 3.21. The van der Waals surface area contributed by atoms with Crippen molar-refractivity contribution in [2.75, 3.05) is 6.54 Å². The van der Waals surface area contributed by atoms with Crippen LogP contribution >= 0.6 is 0 Å². The highest BCUT2D eigenvalue weighted by Gasteiger charge is 2.07. The van der Waals surface area contributed by atoms with Crippen molar-refractivity contribution in [3.05, 3.63) is 0 Å². The Morgan fingerprint density at radius 1 is 1.57 bits per heavy atom. The van der Waals surface area contributed by atoms with Crippen LogP contribution in [-0.4, -0.2) is 12.6 Å². The third-order valence-electron chi connectivity index (χ3n) is 1.07. The van der Waals surface area contributed by atoms with E-state index in [0.29, 0.717) is 0 Å². The summed E-state index contributed by atoms with van der Waals surface area (Å²) < 4.78 is 0. The van der Waals surface area contributed by atoms with Crippen molar-refractivity contribution in [1.82, 2.24) is 5.32 Å². The van der Waals surface area contributed by atoms with Gasteiger partial charge in [-0.1, -0.05) is 13.8 Å². The molecule has 1 heterocycles. The summed E-state index contributed by atoms with van der Waals surface area (Å²) in [6.45, 7) is 7.44. The maximum absolute atomic E-state index is 3.21. The molecule has 1 aliphatic heterocycles. The number of hydrogen-bond donors (Lipinski definition) is 1. The highest BCUT2D eigenvalue weighted by molar-refractivity contribution is 4.70. The van der Waals surface area contributed by atoms with Gasteiger partial charge in [-0.3, -0.25) is 0 Å². The minimum absolute atomic E-state index is 0. The molecule has 1 N–H and O–H groups in total. The predicted octanol–water partition coefficient (Wildman–Crippen LogP) is 1.64. The van der Waals surface area contributed by atoms with Crippen LogP contribution in [0, 0.1) is 0 Å². The molecule has 1 nitrogen and oxygen atoms in total. The van der Waals surface area contributed by atoms with E-state index >= 15 is 0 Å². The third-order valence-corrected chi connectivity index (χ3v) is 1.07. The Labute approximate surface area is 47.6 Å². The lowest BCUT2D eigenvalue weighted by Gasteiger charge is -2.22. The van der Waals surface area contributed by atoms with Crippen LogP contribution in [0.25, 0.3) is 0 Å². The van der Waals surface area contributed by atoms with Crippen LogP contribution in [-0.2, 0) is 0 Å². The topological polar surface area (TPSA) is 12.0 Å². The van der Waals surface area contributed by atoms with Gasteiger partial charge >= 0.3 is 0 Å². The van der Waals surface area contributed by atoms with Crippen molar-refractivity contribution in [2.24, 2.45) is 0 Å². The molecule has 0 aromatic rings. The maximum Gasteiger partial charge on any atom is 0.00508 e. The van der Waals surface area contributed by atoms with Crippen LogP contribution in [0.15, 0.2) is 0 Å². The SMILES string of the molecule is CC.CC1CCN1.[HH]. The lowest BCUT2D eigenvalue weighted by atomic mass is 10.1. The first-order valence-electron chi connectivity index (χ1n) is 3.13. The van der Waals surface area contributed by atoms with Gasteiger partial charge in [0.1, 0.15) is 0 Å². The van der Waals surface area contributed by atoms with E-state index < -0.39 is 0 Å². The van der Waals surface area contributed by atoms with E-state index in [9.17, 15) is 0 Å². The molecule has 1 fully saturated rings. The zero-order chi connectivity index (χ0) is 5.70. The van der Waals surface area contributed by atoms with E-state index in [1.807, 2.05) is 13.8 Å². The minimum Gasteiger partial charge on any atom is -0.314 e. The molecule has 46 valence electrons. The second-order valence-corrected chi connectivity index (χ2v) is 1.64. The van der Waals surface area contributed by atoms with Gasteiger partial charge in [0.2, 0.25) is 0 Å². The molecule has 0 radical (unpaired) electrons. The van der Waals surface area contributed by atoms with Crippen LogP contribution in [0.3, 0.4) is 0 Å². The molecule has 0 amide bonds. The van der Waals surface area contributed by atoms with Crippen molar-refractivity contribution in [3.8, 4) is 0 Å². The number of rotatable bonds is 0. The lowest BCUT2D eigenvalue weighted by Crippen LogP contribution is -2.39. The maximum atomic E-state index is 3.21. The summed E-state index contributed by atoms with van der Waals surface area (Å²) >= 11 is 0. The summed E-state index contributed by atoms with van der Waals surface area (Å²) in [5.41, 5.74) is 0. The fraction of sp³-hybridized carbons (Fsp3) is 1.00. The van der Waals surface area contributed by atoms with Gasteiger partial charge in [-0.2, -0.15) is 0 Å². The summed E-state index contributed by atoms with van der Waals surface area (Å²) in [6, 6.07) is 0.815. The highest BCUT2D eigenvalue weighted by atomic mass is 15.0. The number of hydrogen-bond acceptors (Lipinski definition) is 1. The average Bonchev–Trinajstić information content (AvgIpc) is 1.68. The van der Waals surface area contributed by atoms with E-state index in [1.54, 1.807) is 0 Å². The fourth-order valence-corrected chi connectivity index (χ4v) is 0.433. The largest absolute Gasteiger partial charge is 0.314 e. The van der Waals surface area contributed by atoms with Gasteiger partial charge in [-0.05, 0) is 19.9 Å². The average molecular weight is 103 g/mol. The summed E-state index contributed by atoms with van der Waals surface area (Å²) in [5.74, 6) is 0. The first-order chi connectivity index (χ1) is 3.39. The quantitative estimate of drug-likeness (QED) is 0.491. The van der Waals surface area contributed by atoms with Crippen LogP contribution in [0.4, 0.5) is 0 Å². The van der Waals surface area contributed by atoms with E-state index in [4.69, 9.17) is 0 Å². The lowest BCUT2D eigenvalue weighted by molar-refractivity contribution is 0.399. The molecule has 1 saturated heterocycles. The molecule has 7 heavy (non-hydrogen) atoms. The smallest absolute Gasteiger partial charge is 0.00508 e. The molecule has 1 unspecified atom stereocenters.